The summed E-state index contributed by atoms with van der Waals surface area (Å²) < 4.78 is 15.6. The zero-order chi connectivity index (χ0) is 29.6. The van der Waals surface area contributed by atoms with Gasteiger partial charge in [-0.15, -0.1) is 0 Å². The van der Waals surface area contributed by atoms with Crippen LogP contribution < -0.4 is 10.3 Å². The summed E-state index contributed by atoms with van der Waals surface area (Å²) in [5, 5.41) is 0. The monoisotopic (exact) mass is 579 g/mol. The van der Waals surface area contributed by atoms with E-state index in [1.807, 2.05) is 54.6 Å². The summed E-state index contributed by atoms with van der Waals surface area (Å²) in [5.74, 6) is -1.53. The number of amides is 3. The van der Waals surface area contributed by atoms with Crippen LogP contribution in [0.4, 0.5) is 0 Å². The van der Waals surface area contributed by atoms with Gasteiger partial charge in [0.05, 0.1) is 6.04 Å². The van der Waals surface area contributed by atoms with E-state index in [2.05, 4.69) is 4.52 Å². The Bertz CT molecular complexity index is 1410. The van der Waals surface area contributed by atoms with Crippen LogP contribution in [-0.4, -0.2) is 55.9 Å². The fourth-order valence-electron chi connectivity index (χ4n) is 5.01. The number of carbonyl (C=O) groups excluding carboxylic acids is 3. The molecule has 3 aromatic carbocycles. The highest BCUT2D eigenvalue weighted by Gasteiger charge is 2.38. The van der Waals surface area contributed by atoms with E-state index in [1.165, 1.54) is 31.2 Å². The number of hydrogen-bond acceptors (Lipinski definition) is 6. The molecule has 1 fully saturated rings. The molecule has 11 heteroatoms. The molecule has 0 bridgehead atoms. The molecule has 0 aliphatic carbocycles. The second-order valence-electron chi connectivity index (χ2n) is 10.1. The Morgan fingerprint density at radius 3 is 2.20 bits per heavy atom. The molecule has 216 valence electrons. The van der Waals surface area contributed by atoms with Crippen molar-refractivity contribution in [3.63, 3.8) is 0 Å². The third-order valence-electron chi connectivity index (χ3n) is 7.00. The molecule has 2 atom stereocenters. The average molecular weight is 580 g/mol. The number of nitrogens with zero attached hydrogens (tertiary/aromatic N) is 2. The minimum absolute atomic E-state index is 0.0359. The minimum atomic E-state index is -4.70. The molecule has 4 rings (SSSR count). The SMILES string of the molecule is CC(=O)N(C(=O)C(N)Cc1ccc(OP(=O)(O)O)cc1)C1CCCCN(Cc2ccc(-c3ccccc3)cc2)C1=O. The summed E-state index contributed by atoms with van der Waals surface area (Å²) >= 11 is 0. The van der Waals surface area contributed by atoms with Gasteiger partial charge in [0.2, 0.25) is 17.7 Å². The number of carbonyl (C=O) groups is 3. The van der Waals surface area contributed by atoms with Gasteiger partial charge in [0, 0.05) is 20.0 Å². The number of benzene rings is 3. The first-order valence-electron chi connectivity index (χ1n) is 13.4. The molecule has 3 aromatic rings. The molecule has 2 unspecified atom stereocenters. The van der Waals surface area contributed by atoms with Crippen LogP contribution in [0, 0.1) is 0 Å². The van der Waals surface area contributed by atoms with E-state index in [0.29, 0.717) is 31.5 Å². The van der Waals surface area contributed by atoms with Crippen LogP contribution in [0.25, 0.3) is 11.1 Å². The first kappa shape index (κ1) is 30.1. The molecule has 10 nitrogen and oxygen atoms in total. The standard InChI is InChI=1S/C30H34N3O7P/c1-21(34)33(29(35)27(31)19-22-12-16-26(17-13-22)40-41(37,38)39)28-9-5-6-18-32(30(28)36)20-23-10-14-25(15-11-23)24-7-3-2-4-8-24/h2-4,7-8,10-17,27-28H,5-6,9,18-20,31H2,1H3,(H2,37,38,39). The van der Waals surface area contributed by atoms with Crippen LogP contribution in [0.15, 0.2) is 78.9 Å². The zero-order valence-electron chi connectivity index (χ0n) is 22.8. The molecule has 1 heterocycles. The van der Waals surface area contributed by atoms with Gasteiger partial charge in [-0.3, -0.25) is 29.1 Å². The number of imide groups is 1. The normalized spacial score (nSPS) is 16.5. The first-order valence-corrected chi connectivity index (χ1v) is 14.9. The summed E-state index contributed by atoms with van der Waals surface area (Å²) in [5.41, 5.74) is 9.93. The summed E-state index contributed by atoms with van der Waals surface area (Å²) in [6.07, 6.45) is 1.83. The molecule has 0 radical (unpaired) electrons. The number of rotatable bonds is 9. The van der Waals surface area contributed by atoms with Crippen LogP contribution in [0.2, 0.25) is 0 Å². The molecular formula is C30H34N3O7P. The summed E-state index contributed by atoms with van der Waals surface area (Å²) in [6, 6.07) is 21.7. The maximum absolute atomic E-state index is 13.7. The van der Waals surface area contributed by atoms with Gasteiger partial charge in [-0.05, 0) is 60.1 Å². The molecule has 1 aliphatic rings. The third-order valence-corrected chi connectivity index (χ3v) is 7.44. The van der Waals surface area contributed by atoms with Crippen molar-refractivity contribution in [3.8, 4) is 16.9 Å². The van der Waals surface area contributed by atoms with Crippen molar-refractivity contribution in [2.75, 3.05) is 6.54 Å². The Morgan fingerprint density at radius 1 is 0.976 bits per heavy atom. The van der Waals surface area contributed by atoms with E-state index in [1.54, 1.807) is 4.90 Å². The van der Waals surface area contributed by atoms with Crippen LogP contribution in [-0.2, 0) is 31.9 Å². The maximum Gasteiger partial charge on any atom is 0.524 e. The quantitative estimate of drug-likeness (QED) is 0.325. The number of hydrogen-bond donors (Lipinski definition) is 3. The van der Waals surface area contributed by atoms with E-state index < -0.39 is 31.7 Å². The van der Waals surface area contributed by atoms with Gasteiger partial charge in [0.15, 0.2) is 0 Å². The second kappa shape index (κ2) is 13.2. The van der Waals surface area contributed by atoms with E-state index >= 15 is 0 Å². The van der Waals surface area contributed by atoms with Gasteiger partial charge in [0.1, 0.15) is 11.8 Å². The molecule has 0 spiro atoms. The van der Waals surface area contributed by atoms with Crippen molar-refractivity contribution in [1.29, 1.82) is 0 Å². The van der Waals surface area contributed by atoms with Crippen LogP contribution in [0.5, 0.6) is 5.75 Å². The molecule has 0 saturated carbocycles. The molecule has 1 aliphatic heterocycles. The highest BCUT2D eigenvalue weighted by molar-refractivity contribution is 7.46. The highest BCUT2D eigenvalue weighted by atomic mass is 31.2. The lowest BCUT2D eigenvalue weighted by Gasteiger charge is -2.32. The molecule has 3 amide bonds. The van der Waals surface area contributed by atoms with Crippen LogP contribution in [0.1, 0.15) is 37.3 Å². The summed E-state index contributed by atoms with van der Waals surface area (Å²) in [6.45, 7) is 2.13. The maximum atomic E-state index is 13.7. The Kier molecular flexibility index (Phi) is 9.73. The number of phosphoric ester groups is 1. The van der Waals surface area contributed by atoms with E-state index in [9.17, 15) is 18.9 Å². The lowest BCUT2D eigenvalue weighted by molar-refractivity contribution is -0.154. The highest BCUT2D eigenvalue weighted by Crippen LogP contribution is 2.37. The summed E-state index contributed by atoms with van der Waals surface area (Å²) in [7, 11) is -4.70. The zero-order valence-corrected chi connectivity index (χ0v) is 23.7. The fourth-order valence-corrected chi connectivity index (χ4v) is 5.40. The van der Waals surface area contributed by atoms with Gasteiger partial charge < -0.3 is 15.2 Å². The van der Waals surface area contributed by atoms with Crippen LogP contribution in [0.3, 0.4) is 0 Å². The van der Waals surface area contributed by atoms with E-state index in [-0.39, 0.29) is 18.1 Å². The largest absolute Gasteiger partial charge is 0.524 e. The smallest absolute Gasteiger partial charge is 0.404 e. The van der Waals surface area contributed by atoms with Crippen molar-refractivity contribution >= 4 is 25.5 Å². The average Bonchev–Trinajstić information content (AvgIpc) is 3.11. The first-order chi connectivity index (χ1) is 19.5. The molecule has 4 N–H and O–H groups in total. The second-order valence-corrected chi connectivity index (χ2v) is 11.3. The van der Waals surface area contributed by atoms with Crippen molar-refractivity contribution in [3.05, 3.63) is 90.0 Å². The molecular weight excluding hydrogens is 545 g/mol. The predicted octanol–water partition coefficient (Wildman–Crippen LogP) is 3.65. The van der Waals surface area contributed by atoms with Crippen molar-refractivity contribution in [2.45, 2.75) is 51.2 Å². The molecule has 1 saturated heterocycles. The Labute approximate surface area is 239 Å². The van der Waals surface area contributed by atoms with Gasteiger partial charge in [0.25, 0.3) is 0 Å². The fraction of sp³-hybridized carbons (Fsp3) is 0.300. The summed E-state index contributed by atoms with van der Waals surface area (Å²) in [4.78, 5) is 60.4. The topological polar surface area (TPSA) is 150 Å². The molecule has 41 heavy (non-hydrogen) atoms. The Hall–Kier alpha value is -3.82. The van der Waals surface area contributed by atoms with Crippen molar-refractivity contribution in [2.24, 2.45) is 5.73 Å². The van der Waals surface area contributed by atoms with Crippen LogP contribution >= 0.6 is 7.82 Å². The van der Waals surface area contributed by atoms with Gasteiger partial charge >= 0.3 is 7.82 Å². The number of phosphoric acid groups is 1. The Balaban J connectivity index is 1.45. The lowest BCUT2D eigenvalue weighted by atomic mass is 10.0. The van der Waals surface area contributed by atoms with Gasteiger partial charge in [-0.2, -0.15) is 0 Å². The minimum Gasteiger partial charge on any atom is -0.404 e. The van der Waals surface area contributed by atoms with Gasteiger partial charge in [-0.1, -0.05) is 66.7 Å². The number of likely N-dealkylation sites (tertiary alicyclic amines) is 1. The molecule has 0 aromatic heterocycles. The Morgan fingerprint density at radius 2 is 1.59 bits per heavy atom. The third kappa shape index (κ3) is 8.11. The van der Waals surface area contributed by atoms with Crippen molar-refractivity contribution < 1.29 is 33.3 Å². The van der Waals surface area contributed by atoms with E-state index in [0.717, 1.165) is 28.0 Å². The lowest BCUT2D eigenvalue weighted by Crippen LogP contribution is -2.56. The van der Waals surface area contributed by atoms with E-state index in [4.69, 9.17) is 15.5 Å². The number of nitrogens with two attached hydrogens (primary N) is 1. The predicted molar refractivity (Wildman–Crippen MR) is 153 cm³/mol. The van der Waals surface area contributed by atoms with Gasteiger partial charge in [-0.25, -0.2) is 4.57 Å². The van der Waals surface area contributed by atoms with Crippen molar-refractivity contribution in [1.82, 2.24) is 9.80 Å².